The molecule has 0 unspecified atom stereocenters. The summed E-state index contributed by atoms with van der Waals surface area (Å²) in [6.07, 6.45) is 1.32. The number of anilines is 2. The molecule has 1 fully saturated rings. The van der Waals surface area contributed by atoms with Gasteiger partial charge in [0.25, 0.3) is 0 Å². The van der Waals surface area contributed by atoms with Gasteiger partial charge in [0.2, 0.25) is 15.9 Å². The molecule has 1 atom stereocenters. The molecule has 6 nitrogen and oxygen atoms in total. The molecular formula is C21H25F2N3O3S. The first-order valence-electron chi connectivity index (χ1n) is 9.75. The van der Waals surface area contributed by atoms with E-state index < -0.39 is 21.9 Å². The molecule has 162 valence electrons. The zero-order valence-corrected chi connectivity index (χ0v) is 17.8. The number of rotatable bonds is 6. The predicted molar refractivity (Wildman–Crippen MR) is 113 cm³/mol. The van der Waals surface area contributed by atoms with Gasteiger partial charge < -0.3 is 9.80 Å². The topological polar surface area (TPSA) is 60.9 Å². The lowest BCUT2D eigenvalue weighted by Gasteiger charge is -2.39. The van der Waals surface area contributed by atoms with Gasteiger partial charge in [0.05, 0.1) is 11.9 Å². The summed E-state index contributed by atoms with van der Waals surface area (Å²) in [5, 5.41) is 0. The lowest BCUT2D eigenvalue weighted by atomic mass is 10.1. The molecule has 3 rings (SSSR count). The molecule has 1 heterocycles. The van der Waals surface area contributed by atoms with Crippen molar-refractivity contribution in [2.24, 2.45) is 0 Å². The minimum absolute atomic E-state index is 0.254. The fraction of sp³-hybridized carbons (Fsp3) is 0.381. The van der Waals surface area contributed by atoms with E-state index >= 15 is 0 Å². The maximum atomic E-state index is 13.3. The fourth-order valence-electron chi connectivity index (χ4n) is 3.68. The third-order valence-electron chi connectivity index (χ3n) is 5.18. The van der Waals surface area contributed by atoms with Gasteiger partial charge >= 0.3 is 0 Å². The number of piperazine rings is 1. The number of hydrogen-bond donors (Lipinski definition) is 0. The first-order valence-corrected chi connectivity index (χ1v) is 11.6. The number of halogens is 2. The molecule has 0 spiro atoms. The number of nitrogens with zero attached hydrogens (tertiary/aromatic N) is 3. The van der Waals surface area contributed by atoms with Crippen LogP contribution in [0.2, 0.25) is 0 Å². The Morgan fingerprint density at radius 1 is 0.967 bits per heavy atom. The van der Waals surface area contributed by atoms with E-state index in [1.54, 1.807) is 24.0 Å². The van der Waals surface area contributed by atoms with Crippen molar-refractivity contribution < 1.29 is 22.0 Å². The van der Waals surface area contributed by atoms with Gasteiger partial charge in [-0.15, -0.1) is 0 Å². The van der Waals surface area contributed by atoms with Gasteiger partial charge in [-0.1, -0.05) is 6.92 Å². The molecule has 2 aromatic carbocycles. The number of carbonyl (C=O) groups excluding carboxylic acids is 1. The number of carbonyl (C=O) groups is 1. The van der Waals surface area contributed by atoms with E-state index in [1.165, 1.54) is 36.4 Å². The summed E-state index contributed by atoms with van der Waals surface area (Å²) in [5.41, 5.74) is 1.13. The zero-order chi connectivity index (χ0) is 21.9. The van der Waals surface area contributed by atoms with Crippen LogP contribution in [0.15, 0.2) is 48.5 Å². The van der Waals surface area contributed by atoms with Crippen molar-refractivity contribution in [3.05, 3.63) is 60.2 Å². The molecule has 1 saturated heterocycles. The van der Waals surface area contributed by atoms with Crippen LogP contribution in [0.3, 0.4) is 0 Å². The molecule has 0 bridgehead atoms. The largest absolute Gasteiger partial charge is 0.368 e. The molecule has 9 heteroatoms. The van der Waals surface area contributed by atoms with Crippen molar-refractivity contribution in [3.63, 3.8) is 0 Å². The minimum Gasteiger partial charge on any atom is -0.368 e. The van der Waals surface area contributed by atoms with Crippen LogP contribution in [0, 0.1) is 11.6 Å². The number of hydrogen-bond acceptors (Lipinski definition) is 4. The second-order valence-electron chi connectivity index (χ2n) is 7.25. The smallest absolute Gasteiger partial charge is 0.246 e. The lowest BCUT2D eigenvalue weighted by Crippen LogP contribution is -2.56. The van der Waals surface area contributed by atoms with Gasteiger partial charge in [-0.05, 0) is 55.0 Å². The Hall–Kier alpha value is -2.68. The van der Waals surface area contributed by atoms with Gasteiger partial charge in [-0.3, -0.25) is 9.10 Å². The monoisotopic (exact) mass is 437 g/mol. The number of benzene rings is 2. The van der Waals surface area contributed by atoms with Gasteiger partial charge in [-0.25, -0.2) is 17.2 Å². The lowest BCUT2D eigenvalue weighted by molar-refractivity contribution is -0.132. The Morgan fingerprint density at radius 3 is 1.93 bits per heavy atom. The standard InChI is InChI=1S/C21H25F2N3O3S/c1-3-20(26(30(2,28)29)19-10-6-17(23)7-11-19)21(27)25-14-12-24(13-15-25)18-8-4-16(22)5-9-18/h4-11,20H,3,12-15H2,1-2H3/t20-/m1/s1. The molecule has 0 aromatic heterocycles. The molecule has 30 heavy (non-hydrogen) atoms. The third kappa shape index (κ3) is 4.89. The summed E-state index contributed by atoms with van der Waals surface area (Å²) in [4.78, 5) is 16.9. The number of sulfonamides is 1. The van der Waals surface area contributed by atoms with Crippen LogP contribution in [0.1, 0.15) is 13.3 Å². The maximum Gasteiger partial charge on any atom is 0.246 e. The van der Waals surface area contributed by atoms with Crippen molar-refractivity contribution in [1.82, 2.24) is 4.90 Å². The van der Waals surface area contributed by atoms with E-state index in [2.05, 4.69) is 4.90 Å². The highest BCUT2D eigenvalue weighted by Crippen LogP contribution is 2.25. The average Bonchev–Trinajstić information content (AvgIpc) is 2.72. The van der Waals surface area contributed by atoms with Gasteiger partial charge in [-0.2, -0.15) is 0 Å². The molecule has 0 aliphatic carbocycles. The van der Waals surface area contributed by atoms with Crippen LogP contribution in [0.5, 0.6) is 0 Å². The number of amides is 1. The molecular weight excluding hydrogens is 412 g/mol. The van der Waals surface area contributed by atoms with Crippen LogP contribution < -0.4 is 9.21 Å². The Labute approximate surface area is 175 Å². The van der Waals surface area contributed by atoms with Crippen molar-refractivity contribution in [2.45, 2.75) is 19.4 Å². The van der Waals surface area contributed by atoms with E-state index in [4.69, 9.17) is 0 Å². The molecule has 1 aliphatic heterocycles. The average molecular weight is 438 g/mol. The molecule has 0 saturated carbocycles. The van der Waals surface area contributed by atoms with Gasteiger partial charge in [0, 0.05) is 31.9 Å². The van der Waals surface area contributed by atoms with Gasteiger partial charge in [0.1, 0.15) is 17.7 Å². The van der Waals surface area contributed by atoms with Crippen LogP contribution in [-0.4, -0.2) is 57.7 Å². The summed E-state index contributed by atoms with van der Waals surface area (Å²) in [7, 11) is -3.77. The Bertz CT molecular complexity index is 974. The van der Waals surface area contributed by atoms with Crippen molar-refractivity contribution >= 4 is 27.3 Å². The minimum atomic E-state index is -3.77. The highest BCUT2D eigenvalue weighted by molar-refractivity contribution is 7.92. The summed E-state index contributed by atoms with van der Waals surface area (Å²) >= 11 is 0. The van der Waals surface area contributed by atoms with Crippen LogP contribution >= 0.6 is 0 Å². The predicted octanol–water partition coefficient (Wildman–Crippen LogP) is 2.86. The van der Waals surface area contributed by atoms with Crippen LogP contribution in [0.25, 0.3) is 0 Å². The molecule has 1 amide bonds. The van der Waals surface area contributed by atoms with E-state index in [0.29, 0.717) is 26.2 Å². The maximum absolute atomic E-state index is 13.3. The molecule has 0 N–H and O–H groups in total. The van der Waals surface area contributed by atoms with E-state index in [-0.39, 0.29) is 23.8 Å². The Kier molecular flexibility index (Phi) is 6.60. The molecule has 1 aliphatic rings. The fourth-order valence-corrected chi connectivity index (χ4v) is 4.89. The third-order valence-corrected chi connectivity index (χ3v) is 6.36. The van der Waals surface area contributed by atoms with Crippen LogP contribution in [0.4, 0.5) is 20.2 Å². The second-order valence-corrected chi connectivity index (χ2v) is 9.11. The molecule has 2 aromatic rings. The summed E-state index contributed by atoms with van der Waals surface area (Å²) in [6, 6.07) is 10.3. The highest BCUT2D eigenvalue weighted by Gasteiger charge is 2.35. The summed E-state index contributed by atoms with van der Waals surface area (Å²) < 4.78 is 52.5. The normalized spacial score (nSPS) is 15.7. The van der Waals surface area contributed by atoms with E-state index in [1.807, 2.05) is 0 Å². The zero-order valence-electron chi connectivity index (χ0n) is 17.0. The quantitative estimate of drug-likeness (QED) is 0.697. The SMILES string of the molecule is CC[C@H](C(=O)N1CCN(c2ccc(F)cc2)CC1)N(c1ccc(F)cc1)S(C)(=O)=O. The summed E-state index contributed by atoms with van der Waals surface area (Å²) in [5.74, 6) is -1.07. The molecule has 0 radical (unpaired) electrons. The van der Waals surface area contributed by atoms with E-state index in [0.717, 1.165) is 16.2 Å². The summed E-state index contributed by atoms with van der Waals surface area (Å²) in [6.45, 7) is 3.72. The Morgan fingerprint density at radius 2 is 1.47 bits per heavy atom. The Balaban J connectivity index is 1.76. The van der Waals surface area contributed by atoms with Gasteiger partial charge in [0.15, 0.2) is 0 Å². The second kappa shape index (κ2) is 8.99. The first-order chi connectivity index (χ1) is 14.2. The van der Waals surface area contributed by atoms with Crippen molar-refractivity contribution in [1.29, 1.82) is 0 Å². The first kappa shape index (κ1) is 22.0. The van der Waals surface area contributed by atoms with Crippen molar-refractivity contribution in [3.8, 4) is 0 Å². The van der Waals surface area contributed by atoms with Crippen molar-refractivity contribution in [2.75, 3.05) is 41.6 Å². The van der Waals surface area contributed by atoms with Crippen LogP contribution in [-0.2, 0) is 14.8 Å². The highest BCUT2D eigenvalue weighted by atomic mass is 32.2. The van der Waals surface area contributed by atoms with E-state index in [9.17, 15) is 22.0 Å².